The van der Waals surface area contributed by atoms with Crippen LogP contribution < -0.4 is 0 Å². The van der Waals surface area contributed by atoms with Crippen molar-refractivity contribution in [3.05, 3.63) is 0 Å². The highest BCUT2D eigenvalue weighted by Gasteiger charge is 2.10. The van der Waals surface area contributed by atoms with Gasteiger partial charge in [0.2, 0.25) is 0 Å². The minimum Gasteiger partial charge on any atom is -0.481 e. The predicted molar refractivity (Wildman–Crippen MR) is 102 cm³/mol. The van der Waals surface area contributed by atoms with Crippen LogP contribution in [0.25, 0.3) is 0 Å². The molecule has 162 valence electrons. The van der Waals surface area contributed by atoms with E-state index in [1.165, 1.54) is 0 Å². The predicted octanol–water partition coefficient (Wildman–Crippen LogP) is 3.70. The molecule has 0 bridgehead atoms. The van der Waals surface area contributed by atoms with E-state index in [0.29, 0.717) is 32.3 Å². The summed E-state index contributed by atoms with van der Waals surface area (Å²) in [4.78, 5) is 43.8. The zero-order valence-corrected chi connectivity index (χ0v) is 16.8. The van der Waals surface area contributed by atoms with E-state index in [4.69, 9.17) is 19.7 Å². The smallest absolute Gasteiger partial charge is 0.306 e. The van der Waals surface area contributed by atoms with Crippen molar-refractivity contribution < 1.29 is 38.9 Å². The fraction of sp³-hybridized carbons (Fsp3) is 0.800. The molecule has 0 aliphatic rings. The summed E-state index contributed by atoms with van der Waals surface area (Å²) in [6.07, 6.45) is 6.84. The first-order valence-electron chi connectivity index (χ1n) is 10.1. The third-order valence-electron chi connectivity index (χ3n) is 4.14. The minimum absolute atomic E-state index is 0.0723. The average molecular weight is 402 g/mol. The maximum atomic E-state index is 11.6. The summed E-state index contributed by atoms with van der Waals surface area (Å²) in [6.45, 7) is 2.22. The summed E-state index contributed by atoms with van der Waals surface area (Å²) < 4.78 is 10.4. The summed E-state index contributed by atoms with van der Waals surface area (Å²) >= 11 is 0. The molecular weight excluding hydrogens is 368 g/mol. The number of unbranched alkanes of at least 4 members (excludes halogenated alkanes) is 5. The number of carboxylic acid groups (broad SMARTS) is 2. The maximum absolute atomic E-state index is 11.6. The van der Waals surface area contributed by atoms with Crippen LogP contribution in [0.5, 0.6) is 0 Å². The molecule has 0 fully saturated rings. The Labute approximate surface area is 166 Å². The molecule has 0 saturated carbocycles. The second-order valence-electron chi connectivity index (χ2n) is 6.93. The van der Waals surface area contributed by atoms with Crippen molar-refractivity contribution in [2.24, 2.45) is 0 Å². The van der Waals surface area contributed by atoms with Gasteiger partial charge >= 0.3 is 23.9 Å². The molecule has 0 aliphatic heterocycles. The van der Waals surface area contributed by atoms with Crippen LogP contribution in [-0.2, 0) is 28.7 Å². The molecule has 0 amide bonds. The van der Waals surface area contributed by atoms with Crippen molar-refractivity contribution in [1.29, 1.82) is 0 Å². The largest absolute Gasteiger partial charge is 0.481 e. The van der Waals surface area contributed by atoms with Gasteiger partial charge in [0.25, 0.3) is 0 Å². The number of hydrogen-bond donors (Lipinski definition) is 2. The molecule has 1 unspecified atom stereocenters. The van der Waals surface area contributed by atoms with E-state index in [2.05, 4.69) is 0 Å². The van der Waals surface area contributed by atoms with Crippen LogP contribution in [0.3, 0.4) is 0 Å². The Kier molecular flexibility index (Phi) is 15.7. The molecule has 28 heavy (non-hydrogen) atoms. The van der Waals surface area contributed by atoms with E-state index in [1.807, 2.05) is 6.92 Å². The molecule has 0 rings (SSSR count). The lowest BCUT2D eigenvalue weighted by molar-refractivity contribution is -0.149. The number of carbonyl (C=O) groups excluding carboxylic acids is 2. The van der Waals surface area contributed by atoms with Crippen LogP contribution in [0.4, 0.5) is 0 Å². The van der Waals surface area contributed by atoms with Crippen LogP contribution >= 0.6 is 0 Å². The van der Waals surface area contributed by atoms with Crippen LogP contribution in [0, 0.1) is 0 Å². The van der Waals surface area contributed by atoms with Gasteiger partial charge in [0, 0.05) is 25.7 Å². The first kappa shape index (κ1) is 25.9. The van der Waals surface area contributed by atoms with Crippen molar-refractivity contribution in [3.8, 4) is 0 Å². The Balaban J connectivity index is 3.47. The summed E-state index contributed by atoms with van der Waals surface area (Å²) in [6, 6.07) is 0. The lowest BCUT2D eigenvalue weighted by Gasteiger charge is -2.13. The summed E-state index contributed by atoms with van der Waals surface area (Å²) in [5, 5.41) is 17.0. The molecular formula is C20H34O8. The minimum atomic E-state index is -0.854. The molecule has 8 heteroatoms. The van der Waals surface area contributed by atoms with Crippen molar-refractivity contribution in [2.45, 2.75) is 96.5 Å². The lowest BCUT2D eigenvalue weighted by Crippen LogP contribution is -2.14. The molecule has 0 spiro atoms. The number of esters is 2. The summed E-state index contributed by atoms with van der Waals surface area (Å²) in [5.41, 5.74) is 0. The van der Waals surface area contributed by atoms with Gasteiger partial charge in [0.1, 0.15) is 0 Å². The monoisotopic (exact) mass is 402 g/mol. The molecule has 0 heterocycles. The van der Waals surface area contributed by atoms with Gasteiger partial charge in [-0.2, -0.15) is 0 Å². The highest BCUT2D eigenvalue weighted by Crippen LogP contribution is 2.11. The van der Waals surface area contributed by atoms with Crippen molar-refractivity contribution in [1.82, 2.24) is 0 Å². The first-order chi connectivity index (χ1) is 13.3. The normalized spacial score (nSPS) is 11.6. The van der Waals surface area contributed by atoms with Crippen molar-refractivity contribution in [3.63, 3.8) is 0 Å². The van der Waals surface area contributed by atoms with Crippen LogP contribution in [-0.4, -0.2) is 46.8 Å². The topological polar surface area (TPSA) is 127 Å². The molecule has 8 nitrogen and oxygen atoms in total. The van der Waals surface area contributed by atoms with Crippen LogP contribution in [0.15, 0.2) is 0 Å². The van der Waals surface area contributed by atoms with Crippen LogP contribution in [0.1, 0.15) is 90.4 Å². The van der Waals surface area contributed by atoms with E-state index in [1.54, 1.807) is 0 Å². The van der Waals surface area contributed by atoms with Gasteiger partial charge in [-0.1, -0.05) is 12.8 Å². The van der Waals surface area contributed by atoms with Crippen molar-refractivity contribution in [2.75, 3.05) is 6.61 Å². The third-order valence-corrected chi connectivity index (χ3v) is 4.14. The first-order valence-corrected chi connectivity index (χ1v) is 10.1. The zero-order chi connectivity index (χ0) is 21.2. The Hall–Kier alpha value is -2.12. The average Bonchev–Trinajstić information content (AvgIpc) is 2.61. The number of rotatable bonds is 18. The highest BCUT2D eigenvalue weighted by molar-refractivity contribution is 5.70. The van der Waals surface area contributed by atoms with E-state index in [0.717, 1.165) is 32.1 Å². The Morgan fingerprint density at radius 3 is 1.75 bits per heavy atom. The summed E-state index contributed by atoms with van der Waals surface area (Å²) in [7, 11) is 0. The van der Waals surface area contributed by atoms with Gasteiger partial charge in [-0.15, -0.1) is 0 Å². The van der Waals surface area contributed by atoms with Crippen molar-refractivity contribution >= 4 is 23.9 Å². The zero-order valence-electron chi connectivity index (χ0n) is 16.8. The molecule has 2 N–H and O–H groups in total. The molecule has 0 aliphatic carbocycles. The second-order valence-corrected chi connectivity index (χ2v) is 6.93. The van der Waals surface area contributed by atoms with Gasteiger partial charge in [-0.05, 0) is 51.9 Å². The lowest BCUT2D eigenvalue weighted by atomic mass is 10.1. The van der Waals surface area contributed by atoms with Gasteiger partial charge in [-0.25, -0.2) is 0 Å². The number of hydrogen-bond acceptors (Lipinski definition) is 6. The number of ether oxygens (including phenoxy) is 2. The highest BCUT2D eigenvalue weighted by atomic mass is 16.5. The fourth-order valence-corrected chi connectivity index (χ4v) is 2.58. The van der Waals surface area contributed by atoms with E-state index in [-0.39, 0.29) is 43.7 Å². The molecule has 0 radical (unpaired) electrons. The quantitative estimate of drug-likeness (QED) is 0.262. The van der Waals surface area contributed by atoms with Gasteiger partial charge < -0.3 is 19.7 Å². The summed E-state index contributed by atoms with van der Waals surface area (Å²) in [5.74, 6) is -2.28. The van der Waals surface area contributed by atoms with E-state index in [9.17, 15) is 19.2 Å². The Bertz CT molecular complexity index is 475. The fourth-order valence-electron chi connectivity index (χ4n) is 2.58. The second kappa shape index (κ2) is 17.0. The number of carboxylic acids is 2. The van der Waals surface area contributed by atoms with Gasteiger partial charge in [-0.3, -0.25) is 19.2 Å². The van der Waals surface area contributed by atoms with E-state index >= 15 is 0 Å². The van der Waals surface area contributed by atoms with Gasteiger partial charge in [0.15, 0.2) is 0 Å². The third kappa shape index (κ3) is 18.7. The Morgan fingerprint density at radius 1 is 0.679 bits per heavy atom. The molecule has 0 aromatic rings. The van der Waals surface area contributed by atoms with Crippen LogP contribution in [0.2, 0.25) is 0 Å². The molecule has 0 aromatic heterocycles. The molecule has 1 atom stereocenters. The molecule has 0 saturated heterocycles. The number of carbonyl (C=O) groups is 4. The maximum Gasteiger partial charge on any atom is 0.306 e. The Morgan fingerprint density at radius 2 is 1.18 bits per heavy atom. The number of aliphatic carboxylic acids is 2. The SMILES string of the molecule is CC(CCCCCCOC(=O)CCCCC(=O)O)OC(=O)CCCCC(=O)O. The van der Waals surface area contributed by atoms with Gasteiger partial charge in [0.05, 0.1) is 12.7 Å². The molecule has 0 aromatic carbocycles. The standard InChI is InChI=1S/C20H34O8/c1-16(28-20(26)14-8-6-12-18(23)24)10-4-2-3-9-15-27-19(25)13-7-5-11-17(21)22/h16H,2-15H2,1H3,(H,21,22)(H,23,24). The van der Waals surface area contributed by atoms with E-state index < -0.39 is 11.9 Å².